The van der Waals surface area contributed by atoms with Gasteiger partial charge in [0, 0.05) is 37.6 Å². The fourth-order valence-electron chi connectivity index (χ4n) is 2.05. The van der Waals surface area contributed by atoms with Gasteiger partial charge in [-0.15, -0.1) is 0 Å². The third-order valence-corrected chi connectivity index (χ3v) is 3.01. The summed E-state index contributed by atoms with van der Waals surface area (Å²) in [6.07, 6.45) is 4.36. The molecule has 2 rings (SSSR count). The van der Waals surface area contributed by atoms with Crippen molar-refractivity contribution in [3.63, 3.8) is 0 Å². The zero-order valence-corrected chi connectivity index (χ0v) is 10.4. The maximum atomic E-state index is 9.06. The lowest BCUT2D eigenvalue weighted by Gasteiger charge is -2.20. The van der Waals surface area contributed by atoms with Gasteiger partial charge in [-0.3, -0.25) is 9.88 Å². The molecule has 0 bridgehead atoms. The third-order valence-electron chi connectivity index (χ3n) is 3.01. The molecule has 0 atom stereocenters. The minimum Gasteiger partial charge on any atom is -0.395 e. The van der Waals surface area contributed by atoms with Crippen LogP contribution in [0.15, 0.2) is 18.3 Å². The Morgan fingerprint density at radius 2 is 2.35 bits per heavy atom. The van der Waals surface area contributed by atoms with E-state index in [9.17, 15) is 0 Å². The minimum atomic E-state index is 0.226. The van der Waals surface area contributed by atoms with E-state index in [0.717, 1.165) is 31.0 Å². The van der Waals surface area contributed by atoms with E-state index < -0.39 is 0 Å². The van der Waals surface area contributed by atoms with Crippen molar-refractivity contribution in [3.8, 4) is 0 Å². The zero-order chi connectivity index (χ0) is 12.1. The number of aromatic nitrogens is 1. The fraction of sp³-hybridized carbons (Fsp3) is 0.615. The molecule has 0 spiro atoms. The van der Waals surface area contributed by atoms with Crippen molar-refractivity contribution in [1.29, 1.82) is 0 Å². The molecular formula is C13H21N3O. The molecule has 1 heterocycles. The number of anilines is 1. The molecule has 1 aromatic heterocycles. The number of hydrogen-bond acceptors (Lipinski definition) is 4. The normalized spacial score (nSPS) is 15.2. The molecule has 1 aliphatic rings. The smallest absolute Gasteiger partial charge is 0.0564 e. The Morgan fingerprint density at radius 3 is 3.00 bits per heavy atom. The lowest BCUT2D eigenvalue weighted by atomic mass is 10.3. The number of nitrogens with one attached hydrogen (secondary N) is 1. The summed E-state index contributed by atoms with van der Waals surface area (Å²) >= 11 is 0. The summed E-state index contributed by atoms with van der Waals surface area (Å²) < 4.78 is 0. The molecule has 0 unspecified atom stereocenters. The van der Waals surface area contributed by atoms with E-state index in [0.29, 0.717) is 6.04 Å². The van der Waals surface area contributed by atoms with Gasteiger partial charge in [-0.05, 0) is 31.9 Å². The topological polar surface area (TPSA) is 48.4 Å². The number of pyridine rings is 1. The van der Waals surface area contributed by atoms with E-state index in [1.807, 2.05) is 12.3 Å². The molecule has 4 nitrogen and oxygen atoms in total. The van der Waals surface area contributed by atoms with Crippen molar-refractivity contribution in [2.45, 2.75) is 32.4 Å². The maximum Gasteiger partial charge on any atom is 0.0564 e. The minimum absolute atomic E-state index is 0.226. The number of nitrogens with zero attached hydrogens (tertiary/aromatic N) is 2. The molecule has 0 saturated heterocycles. The van der Waals surface area contributed by atoms with E-state index >= 15 is 0 Å². The van der Waals surface area contributed by atoms with Crippen LogP contribution in [0.25, 0.3) is 0 Å². The van der Waals surface area contributed by atoms with Crippen molar-refractivity contribution in [3.05, 3.63) is 24.0 Å². The van der Waals surface area contributed by atoms with Gasteiger partial charge in [0.2, 0.25) is 0 Å². The highest BCUT2D eigenvalue weighted by atomic mass is 16.3. The Hall–Kier alpha value is -1.13. The first kappa shape index (κ1) is 12.3. The molecular weight excluding hydrogens is 214 g/mol. The van der Waals surface area contributed by atoms with Gasteiger partial charge >= 0.3 is 0 Å². The standard InChI is InChI=1S/C13H21N3O/c1-2-14-11-5-6-15-12(9-11)10-16(7-8-17)13-3-4-13/h5-6,9,13,17H,2-4,7-8,10H2,1H3,(H,14,15). The first-order chi connectivity index (χ1) is 8.33. The third kappa shape index (κ3) is 3.68. The van der Waals surface area contributed by atoms with Crippen molar-refractivity contribution in [2.75, 3.05) is 25.0 Å². The Labute approximate surface area is 103 Å². The van der Waals surface area contributed by atoms with Crippen LogP contribution in [-0.2, 0) is 6.54 Å². The highest BCUT2D eigenvalue weighted by Crippen LogP contribution is 2.27. The second-order valence-electron chi connectivity index (χ2n) is 4.49. The maximum absolute atomic E-state index is 9.06. The molecule has 1 aliphatic carbocycles. The van der Waals surface area contributed by atoms with Crippen molar-refractivity contribution in [2.24, 2.45) is 0 Å². The van der Waals surface area contributed by atoms with Crippen LogP contribution in [0, 0.1) is 0 Å². The summed E-state index contributed by atoms with van der Waals surface area (Å²) in [4.78, 5) is 6.71. The highest BCUT2D eigenvalue weighted by Gasteiger charge is 2.28. The Bertz CT molecular complexity index is 352. The molecule has 94 valence electrons. The molecule has 0 radical (unpaired) electrons. The Balaban J connectivity index is 1.97. The Morgan fingerprint density at radius 1 is 1.53 bits per heavy atom. The number of aliphatic hydroxyl groups is 1. The van der Waals surface area contributed by atoms with E-state index in [2.05, 4.69) is 28.2 Å². The molecule has 1 aromatic rings. The lowest BCUT2D eigenvalue weighted by Crippen LogP contribution is -2.29. The Kier molecular flexibility index (Phi) is 4.34. The highest BCUT2D eigenvalue weighted by molar-refractivity contribution is 5.42. The first-order valence-electron chi connectivity index (χ1n) is 6.37. The van der Waals surface area contributed by atoms with Crippen LogP contribution in [0.4, 0.5) is 5.69 Å². The van der Waals surface area contributed by atoms with Gasteiger partial charge in [0.1, 0.15) is 0 Å². The van der Waals surface area contributed by atoms with Crippen LogP contribution in [0.2, 0.25) is 0 Å². The van der Waals surface area contributed by atoms with Gasteiger partial charge in [-0.25, -0.2) is 0 Å². The van der Waals surface area contributed by atoms with Crippen LogP contribution in [0.5, 0.6) is 0 Å². The summed E-state index contributed by atoms with van der Waals surface area (Å²) in [7, 11) is 0. The summed E-state index contributed by atoms with van der Waals surface area (Å²) in [6, 6.07) is 4.74. The van der Waals surface area contributed by atoms with Gasteiger partial charge in [0.05, 0.1) is 12.3 Å². The van der Waals surface area contributed by atoms with Gasteiger partial charge in [0.25, 0.3) is 0 Å². The molecule has 1 saturated carbocycles. The molecule has 0 aliphatic heterocycles. The van der Waals surface area contributed by atoms with E-state index in [-0.39, 0.29) is 6.61 Å². The van der Waals surface area contributed by atoms with Crippen molar-refractivity contribution < 1.29 is 5.11 Å². The average Bonchev–Trinajstić information content (AvgIpc) is 3.13. The predicted octanol–water partition coefficient (Wildman–Crippen LogP) is 1.47. The summed E-state index contributed by atoms with van der Waals surface area (Å²) in [5, 5.41) is 12.3. The summed E-state index contributed by atoms with van der Waals surface area (Å²) in [6.45, 7) is 4.82. The van der Waals surface area contributed by atoms with E-state index in [1.165, 1.54) is 12.8 Å². The van der Waals surface area contributed by atoms with Gasteiger partial charge in [-0.2, -0.15) is 0 Å². The van der Waals surface area contributed by atoms with Crippen LogP contribution < -0.4 is 5.32 Å². The molecule has 0 aromatic carbocycles. The van der Waals surface area contributed by atoms with Gasteiger partial charge in [0.15, 0.2) is 0 Å². The van der Waals surface area contributed by atoms with E-state index in [1.54, 1.807) is 0 Å². The predicted molar refractivity (Wildman–Crippen MR) is 68.9 cm³/mol. The number of rotatable bonds is 7. The monoisotopic (exact) mass is 235 g/mol. The molecule has 0 amide bonds. The lowest BCUT2D eigenvalue weighted by molar-refractivity contribution is 0.182. The second-order valence-corrected chi connectivity index (χ2v) is 4.49. The average molecular weight is 235 g/mol. The zero-order valence-electron chi connectivity index (χ0n) is 10.4. The molecule has 2 N–H and O–H groups in total. The SMILES string of the molecule is CCNc1ccnc(CN(CCO)C2CC2)c1. The molecule has 17 heavy (non-hydrogen) atoms. The number of aliphatic hydroxyl groups excluding tert-OH is 1. The van der Waals surface area contributed by atoms with Crippen LogP contribution in [-0.4, -0.2) is 40.7 Å². The van der Waals surface area contributed by atoms with Gasteiger partial charge in [-0.1, -0.05) is 0 Å². The quantitative estimate of drug-likeness (QED) is 0.751. The largest absolute Gasteiger partial charge is 0.395 e. The number of hydrogen-bond donors (Lipinski definition) is 2. The first-order valence-corrected chi connectivity index (χ1v) is 6.37. The van der Waals surface area contributed by atoms with Gasteiger partial charge < -0.3 is 10.4 Å². The van der Waals surface area contributed by atoms with Crippen LogP contribution in [0.1, 0.15) is 25.5 Å². The second kappa shape index (κ2) is 5.98. The summed E-state index contributed by atoms with van der Waals surface area (Å²) in [5.74, 6) is 0. The molecule has 1 fully saturated rings. The molecule has 4 heteroatoms. The van der Waals surface area contributed by atoms with Crippen LogP contribution >= 0.6 is 0 Å². The van der Waals surface area contributed by atoms with Crippen molar-refractivity contribution >= 4 is 5.69 Å². The van der Waals surface area contributed by atoms with Crippen molar-refractivity contribution in [1.82, 2.24) is 9.88 Å². The van der Waals surface area contributed by atoms with Crippen LogP contribution in [0.3, 0.4) is 0 Å². The van der Waals surface area contributed by atoms with E-state index in [4.69, 9.17) is 5.11 Å². The summed E-state index contributed by atoms with van der Waals surface area (Å²) in [5.41, 5.74) is 2.20. The fourth-order valence-corrected chi connectivity index (χ4v) is 2.05.